The molecule has 0 amide bonds. The van der Waals surface area contributed by atoms with Crippen LogP contribution in [-0.4, -0.2) is 38.2 Å². The van der Waals surface area contributed by atoms with Crippen molar-refractivity contribution in [3.05, 3.63) is 29.8 Å². The molecule has 0 aromatic heterocycles. The monoisotopic (exact) mass is 271 g/mol. The summed E-state index contributed by atoms with van der Waals surface area (Å²) in [6.45, 7) is -0.129. The summed E-state index contributed by atoms with van der Waals surface area (Å²) >= 11 is 0. The number of hydrogen-bond acceptors (Lipinski definition) is 4. The number of benzene rings is 1. The molecule has 1 N–H and O–H groups in total. The van der Waals surface area contributed by atoms with E-state index in [1.54, 1.807) is 24.3 Å². The second-order valence-corrected chi connectivity index (χ2v) is 4.46. The van der Waals surface area contributed by atoms with Crippen LogP contribution in [0.5, 0.6) is 5.75 Å². The number of halogens is 2. The molecule has 6 heteroatoms. The molecule has 2 rings (SSSR count). The third kappa shape index (κ3) is 3.64. The van der Waals surface area contributed by atoms with Crippen molar-refractivity contribution < 1.29 is 23.0 Å². The molecule has 0 radical (unpaired) electrons. The molecule has 1 heterocycles. The lowest BCUT2D eigenvalue weighted by atomic mass is 10.2. The number of esters is 1. The van der Waals surface area contributed by atoms with Crippen LogP contribution in [-0.2, 0) is 4.74 Å². The van der Waals surface area contributed by atoms with Gasteiger partial charge >= 0.3 is 5.97 Å². The van der Waals surface area contributed by atoms with Crippen LogP contribution in [0.25, 0.3) is 0 Å². The molecule has 0 bridgehead atoms. The van der Waals surface area contributed by atoms with Gasteiger partial charge in [-0.1, -0.05) is 0 Å². The van der Waals surface area contributed by atoms with Crippen LogP contribution in [0.15, 0.2) is 24.3 Å². The van der Waals surface area contributed by atoms with Gasteiger partial charge in [0.05, 0.1) is 19.2 Å². The van der Waals surface area contributed by atoms with E-state index in [-0.39, 0.29) is 25.6 Å². The highest BCUT2D eigenvalue weighted by atomic mass is 19.3. The number of carbonyl (C=O) groups is 1. The summed E-state index contributed by atoms with van der Waals surface area (Å²) in [6, 6.07) is 6.00. The van der Waals surface area contributed by atoms with Crippen molar-refractivity contribution in [1.82, 2.24) is 5.32 Å². The Bertz CT molecular complexity index is 448. The minimum atomic E-state index is -2.65. The molecule has 19 heavy (non-hydrogen) atoms. The van der Waals surface area contributed by atoms with E-state index >= 15 is 0 Å². The summed E-state index contributed by atoms with van der Waals surface area (Å²) in [6.07, 6.45) is -0.215. The normalized spacial score (nSPS) is 21.1. The van der Waals surface area contributed by atoms with Crippen molar-refractivity contribution in [3.8, 4) is 5.75 Å². The van der Waals surface area contributed by atoms with Gasteiger partial charge in [-0.3, -0.25) is 0 Å². The predicted octanol–water partition coefficient (Wildman–Crippen LogP) is 1.85. The number of alkyl halides is 2. The minimum Gasteiger partial charge on any atom is -0.492 e. The van der Waals surface area contributed by atoms with Crippen LogP contribution in [0.2, 0.25) is 0 Å². The average Bonchev–Trinajstić information content (AvgIpc) is 2.76. The Labute approximate surface area is 109 Å². The summed E-state index contributed by atoms with van der Waals surface area (Å²) < 4.78 is 35.8. The fourth-order valence-corrected chi connectivity index (χ4v) is 1.92. The van der Waals surface area contributed by atoms with E-state index in [1.165, 1.54) is 7.11 Å². The van der Waals surface area contributed by atoms with E-state index in [4.69, 9.17) is 4.74 Å². The first-order valence-electron chi connectivity index (χ1n) is 5.92. The molecule has 0 saturated carbocycles. The number of ether oxygens (including phenoxy) is 2. The molecule has 1 atom stereocenters. The Hall–Kier alpha value is -1.69. The highest BCUT2D eigenvalue weighted by Gasteiger charge is 2.39. The van der Waals surface area contributed by atoms with Gasteiger partial charge < -0.3 is 14.8 Å². The van der Waals surface area contributed by atoms with Gasteiger partial charge in [-0.2, -0.15) is 0 Å². The molecule has 1 aliphatic heterocycles. The van der Waals surface area contributed by atoms with Gasteiger partial charge in [-0.25, -0.2) is 13.6 Å². The van der Waals surface area contributed by atoms with E-state index in [0.717, 1.165) is 0 Å². The van der Waals surface area contributed by atoms with Crippen LogP contribution in [0.3, 0.4) is 0 Å². The lowest BCUT2D eigenvalue weighted by Crippen LogP contribution is -2.28. The van der Waals surface area contributed by atoms with Crippen molar-refractivity contribution in [1.29, 1.82) is 0 Å². The van der Waals surface area contributed by atoms with E-state index in [1.807, 2.05) is 0 Å². The van der Waals surface area contributed by atoms with Crippen LogP contribution in [0, 0.1) is 0 Å². The Balaban J connectivity index is 1.85. The van der Waals surface area contributed by atoms with E-state index < -0.39 is 11.9 Å². The summed E-state index contributed by atoms with van der Waals surface area (Å²) in [7, 11) is 1.30. The minimum absolute atomic E-state index is 0.174. The topological polar surface area (TPSA) is 47.6 Å². The van der Waals surface area contributed by atoms with Crippen molar-refractivity contribution in [2.75, 3.05) is 20.3 Å². The zero-order chi connectivity index (χ0) is 13.9. The average molecular weight is 271 g/mol. The van der Waals surface area contributed by atoms with E-state index in [2.05, 4.69) is 10.1 Å². The Morgan fingerprint density at radius 3 is 2.63 bits per heavy atom. The van der Waals surface area contributed by atoms with Crippen molar-refractivity contribution in [2.45, 2.75) is 18.4 Å². The zero-order valence-electron chi connectivity index (χ0n) is 10.5. The van der Waals surface area contributed by atoms with Crippen LogP contribution >= 0.6 is 0 Å². The third-order valence-corrected chi connectivity index (χ3v) is 2.92. The fraction of sp³-hybridized carbons (Fsp3) is 0.462. The molecule has 1 fully saturated rings. The lowest BCUT2D eigenvalue weighted by Gasteiger charge is -2.12. The molecule has 1 aromatic rings. The maximum Gasteiger partial charge on any atom is 0.337 e. The molecular formula is C13H15F2NO3. The summed E-state index contributed by atoms with van der Waals surface area (Å²) in [5.74, 6) is -2.55. The lowest BCUT2D eigenvalue weighted by molar-refractivity contribution is 0.0196. The molecule has 4 nitrogen and oxygen atoms in total. The van der Waals surface area contributed by atoms with Crippen molar-refractivity contribution in [2.24, 2.45) is 0 Å². The van der Waals surface area contributed by atoms with E-state index in [9.17, 15) is 13.6 Å². The molecule has 0 unspecified atom stereocenters. The smallest absolute Gasteiger partial charge is 0.337 e. The number of hydrogen-bond donors (Lipinski definition) is 1. The van der Waals surface area contributed by atoms with Crippen LogP contribution in [0.1, 0.15) is 16.8 Å². The van der Waals surface area contributed by atoms with Gasteiger partial charge in [0.1, 0.15) is 12.4 Å². The first kappa shape index (κ1) is 13.7. The number of rotatable bonds is 4. The molecule has 0 spiro atoms. The summed E-state index contributed by atoms with van der Waals surface area (Å²) in [4.78, 5) is 11.2. The van der Waals surface area contributed by atoms with Gasteiger partial charge in [0.25, 0.3) is 5.92 Å². The van der Waals surface area contributed by atoms with Gasteiger partial charge in [0, 0.05) is 12.5 Å². The second-order valence-electron chi connectivity index (χ2n) is 4.46. The Morgan fingerprint density at radius 1 is 1.42 bits per heavy atom. The van der Waals surface area contributed by atoms with Crippen molar-refractivity contribution in [3.63, 3.8) is 0 Å². The molecule has 1 saturated heterocycles. The van der Waals surface area contributed by atoms with Gasteiger partial charge in [-0.15, -0.1) is 0 Å². The molecule has 104 valence electrons. The van der Waals surface area contributed by atoms with Crippen LogP contribution in [0.4, 0.5) is 8.78 Å². The Morgan fingerprint density at radius 2 is 2.11 bits per heavy atom. The zero-order valence-corrected chi connectivity index (χ0v) is 10.5. The third-order valence-electron chi connectivity index (χ3n) is 2.92. The predicted molar refractivity (Wildman–Crippen MR) is 64.6 cm³/mol. The summed E-state index contributed by atoms with van der Waals surface area (Å²) in [5, 5.41) is 2.71. The van der Waals surface area contributed by atoms with Gasteiger partial charge in [0.2, 0.25) is 0 Å². The second kappa shape index (κ2) is 5.52. The number of carbonyl (C=O) groups excluding carboxylic acids is 1. The summed E-state index contributed by atoms with van der Waals surface area (Å²) in [5.41, 5.74) is 0.417. The quantitative estimate of drug-likeness (QED) is 0.849. The SMILES string of the molecule is COC(=O)c1ccc(OC[C@@H]2CC(F)(F)CN2)cc1. The fourth-order valence-electron chi connectivity index (χ4n) is 1.92. The number of methoxy groups -OCH3 is 1. The van der Waals surface area contributed by atoms with Gasteiger partial charge in [0.15, 0.2) is 0 Å². The highest BCUT2D eigenvalue weighted by molar-refractivity contribution is 5.89. The maximum atomic E-state index is 12.9. The number of nitrogens with one attached hydrogen (secondary N) is 1. The van der Waals surface area contributed by atoms with Crippen molar-refractivity contribution >= 4 is 5.97 Å². The highest BCUT2D eigenvalue weighted by Crippen LogP contribution is 2.25. The first-order chi connectivity index (χ1) is 9.00. The molecular weight excluding hydrogens is 256 g/mol. The first-order valence-corrected chi connectivity index (χ1v) is 5.92. The standard InChI is InChI=1S/C13H15F2NO3/c1-18-12(17)9-2-4-11(5-3-9)19-7-10-6-13(14,15)8-16-10/h2-5,10,16H,6-8H2,1H3/t10-/m0/s1. The van der Waals surface area contributed by atoms with Gasteiger partial charge in [-0.05, 0) is 24.3 Å². The molecule has 1 aliphatic rings. The van der Waals surface area contributed by atoms with E-state index in [0.29, 0.717) is 11.3 Å². The molecule has 0 aliphatic carbocycles. The van der Waals surface area contributed by atoms with Crippen LogP contribution < -0.4 is 10.1 Å². The molecule has 1 aromatic carbocycles. The maximum absolute atomic E-state index is 12.9. The largest absolute Gasteiger partial charge is 0.492 e. The Kier molecular flexibility index (Phi) is 3.99.